The van der Waals surface area contributed by atoms with Gasteiger partial charge >= 0.3 is 0 Å². The molecule has 112 valence electrons. The van der Waals surface area contributed by atoms with E-state index in [-0.39, 0.29) is 12.3 Å². The normalized spacial score (nSPS) is 10.6. The van der Waals surface area contributed by atoms with Crippen LogP contribution in [0.25, 0.3) is 5.69 Å². The highest BCUT2D eigenvalue weighted by atomic mass is 16.1. The van der Waals surface area contributed by atoms with Crippen molar-refractivity contribution in [1.29, 1.82) is 0 Å². The zero-order valence-electron chi connectivity index (χ0n) is 12.4. The van der Waals surface area contributed by atoms with Gasteiger partial charge in [-0.05, 0) is 30.7 Å². The Kier molecular flexibility index (Phi) is 3.69. The van der Waals surface area contributed by atoms with Crippen LogP contribution in [0.15, 0.2) is 42.7 Å². The van der Waals surface area contributed by atoms with Gasteiger partial charge in [-0.25, -0.2) is 9.36 Å². The molecule has 0 saturated carbocycles. The average Bonchev–Trinajstić information content (AvgIpc) is 3.10. The molecule has 0 aliphatic carbocycles. The van der Waals surface area contributed by atoms with Gasteiger partial charge in [-0.1, -0.05) is 12.1 Å². The van der Waals surface area contributed by atoms with Crippen LogP contribution in [0, 0.1) is 6.92 Å². The number of rotatable bonds is 4. The second-order valence-corrected chi connectivity index (χ2v) is 4.95. The highest BCUT2D eigenvalue weighted by molar-refractivity contribution is 5.90. The number of benzene rings is 1. The SMILES string of the molecule is Cc1nc(NC(=O)Cc2ccc(-n3cccn3)cc2)n(C)n1. The molecule has 3 rings (SSSR count). The van der Waals surface area contributed by atoms with Gasteiger partial charge in [0, 0.05) is 19.4 Å². The minimum Gasteiger partial charge on any atom is -0.294 e. The van der Waals surface area contributed by atoms with Crippen molar-refractivity contribution in [2.75, 3.05) is 5.32 Å². The summed E-state index contributed by atoms with van der Waals surface area (Å²) < 4.78 is 3.32. The van der Waals surface area contributed by atoms with Crippen LogP contribution in [0.2, 0.25) is 0 Å². The van der Waals surface area contributed by atoms with Gasteiger partial charge in [-0.3, -0.25) is 10.1 Å². The van der Waals surface area contributed by atoms with E-state index >= 15 is 0 Å². The van der Waals surface area contributed by atoms with Crippen LogP contribution in [0.5, 0.6) is 0 Å². The van der Waals surface area contributed by atoms with E-state index in [0.717, 1.165) is 11.3 Å². The number of hydrogen-bond acceptors (Lipinski definition) is 4. The molecule has 7 heteroatoms. The number of aromatic nitrogens is 5. The van der Waals surface area contributed by atoms with Crippen molar-refractivity contribution >= 4 is 11.9 Å². The summed E-state index contributed by atoms with van der Waals surface area (Å²) in [4.78, 5) is 16.2. The van der Waals surface area contributed by atoms with Gasteiger partial charge < -0.3 is 0 Å². The number of aryl methyl sites for hydroxylation is 2. The maximum Gasteiger partial charge on any atom is 0.231 e. The van der Waals surface area contributed by atoms with Crippen LogP contribution in [0.1, 0.15) is 11.4 Å². The topological polar surface area (TPSA) is 77.6 Å². The lowest BCUT2D eigenvalue weighted by Gasteiger charge is -2.05. The van der Waals surface area contributed by atoms with Crippen LogP contribution in [0.4, 0.5) is 5.95 Å². The first-order chi connectivity index (χ1) is 10.6. The van der Waals surface area contributed by atoms with Gasteiger partial charge in [-0.2, -0.15) is 15.2 Å². The van der Waals surface area contributed by atoms with Crippen molar-refractivity contribution in [3.8, 4) is 5.69 Å². The van der Waals surface area contributed by atoms with E-state index in [1.807, 2.05) is 36.5 Å². The first-order valence-corrected chi connectivity index (χ1v) is 6.88. The number of amides is 1. The molecule has 0 bridgehead atoms. The Labute approximate surface area is 127 Å². The molecule has 0 radical (unpaired) electrons. The molecule has 22 heavy (non-hydrogen) atoms. The molecule has 7 nitrogen and oxygen atoms in total. The van der Waals surface area contributed by atoms with E-state index in [1.54, 1.807) is 29.5 Å². The summed E-state index contributed by atoms with van der Waals surface area (Å²) >= 11 is 0. The summed E-state index contributed by atoms with van der Waals surface area (Å²) in [6.45, 7) is 1.78. The molecule has 0 atom stereocenters. The Bertz CT molecular complexity index is 773. The minimum atomic E-state index is -0.123. The van der Waals surface area contributed by atoms with Crippen molar-refractivity contribution in [2.45, 2.75) is 13.3 Å². The van der Waals surface area contributed by atoms with Crippen molar-refractivity contribution in [3.63, 3.8) is 0 Å². The standard InChI is InChI=1S/C15H16N6O/c1-11-17-15(20(2)19-11)18-14(22)10-12-4-6-13(7-5-12)21-9-3-8-16-21/h3-9H,10H2,1-2H3,(H,17,18,19,22). The van der Waals surface area contributed by atoms with Crippen LogP contribution >= 0.6 is 0 Å². The van der Waals surface area contributed by atoms with E-state index < -0.39 is 0 Å². The summed E-state index contributed by atoms with van der Waals surface area (Å²) in [6, 6.07) is 9.56. The monoisotopic (exact) mass is 296 g/mol. The largest absolute Gasteiger partial charge is 0.294 e. The minimum absolute atomic E-state index is 0.123. The quantitative estimate of drug-likeness (QED) is 0.791. The summed E-state index contributed by atoms with van der Waals surface area (Å²) in [7, 11) is 1.74. The summed E-state index contributed by atoms with van der Waals surface area (Å²) in [5.74, 6) is 0.958. The molecule has 0 fully saturated rings. The molecule has 1 aromatic carbocycles. The maximum atomic E-state index is 12.0. The van der Waals surface area contributed by atoms with Gasteiger partial charge in [0.05, 0.1) is 12.1 Å². The third-order valence-electron chi connectivity index (χ3n) is 3.19. The summed E-state index contributed by atoms with van der Waals surface area (Å²) in [5.41, 5.74) is 1.88. The van der Waals surface area contributed by atoms with Crippen LogP contribution in [-0.2, 0) is 18.3 Å². The number of carbonyl (C=O) groups excluding carboxylic acids is 1. The summed E-state index contributed by atoms with van der Waals surface area (Å²) in [5, 5.41) is 11.0. The fourth-order valence-corrected chi connectivity index (χ4v) is 2.16. The van der Waals surface area contributed by atoms with Crippen LogP contribution in [-0.4, -0.2) is 30.5 Å². The molecule has 0 unspecified atom stereocenters. The fourth-order valence-electron chi connectivity index (χ4n) is 2.16. The third-order valence-corrected chi connectivity index (χ3v) is 3.19. The average molecular weight is 296 g/mol. The number of nitrogens with one attached hydrogen (secondary N) is 1. The van der Waals surface area contributed by atoms with Gasteiger partial charge in [-0.15, -0.1) is 0 Å². The van der Waals surface area contributed by atoms with E-state index in [4.69, 9.17) is 0 Å². The number of hydrogen-bond donors (Lipinski definition) is 1. The molecule has 2 heterocycles. The summed E-state index contributed by atoms with van der Waals surface area (Å²) in [6.07, 6.45) is 3.88. The van der Waals surface area contributed by atoms with Gasteiger partial charge in [0.2, 0.25) is 11.9 Å². The fraction of sp³-hybridized carbons (Fsp3) is 0.200. The maximum absolute atomic E-state index is 12.0. The van der Waals surface area contributed by atoms with Crippen LogP contribution in [0.3, 0.4) is 0 Å². The van der Waals surface area contributed by atoms with Crippen molar-refractivity contribution in [3.05, 3.63) is 54.1 Å². The van der Waals surface area contributed by atoms with Crippen molar-refractivity contribution in [1.82, 2.24) is 24.5 Å². The lowest BCUT2D eigenvalue weighted by molar-refractivity contribution is -0.115. The Morgan fingerprint density at radius 1 is 1.27 bits per heavy atom. The second kappa shape index (κ2) is 5.80. The van der Waals surface area contributed by atoms with Gasteiger partial charge in [0.25, 0.3) is 0 Å². The van der Waals surface area contributed by atoms with Crippen LogP contribution < -0.4 is 5.32 Å². The molecule has 0 aliphatic rings. The first-order valence-electron chi connectivity index (χ1n) is 6.88. The second-order valence-electron chi connectivity index (χ2n) is 4.95. The van der Waals surface area contributed by atoms with Crippen molar-refractivity contribution in [2.24, 2.45) is 7.05 Å². The van der Waals surface area contributed by atoms with Gasteiger partial charge in [0.15, 0.2) is 0 Å². The molecule has 2 aromatic heterocycles. The van der Waals surface area contributed by atoms with E-state index in [9.17, 15) is 4.79 Å². The zero-order chi connectivity index (χ0) is 15.5. The number of anilines is 1. The molecule has 1 amide bonds. The first kappa shape index (κ1) is 14.0. The highest BCUT2D eigenvalue weighted by Gasteiger charge is 2.09. The Hall–Kier alpha value is -2.96. The Morgan fingerprint density at radius 3 is 2.64 bits per heavy atom. The van der Waals surface area contributed by atoms with E-state index in [2.05, 4.69) is 20.5 Å². The molecule has 1 N–H and O–H groups in total. The number of carbonyl (C=O) groups is 1. The Morgan fingerprint density at radius 2 is 2.05 bits per heavy atom. The Balaban J connectivity index is 1.65. The molecular weight excluding hydrogens is 280 g/mol. The van der Waals surface area contributed by atoms with E-state index in [1.165, 1.54) is 0 Å². The van der Waals surface area contributed by atoms with Crippen molar-refractivity contribution < 1.29 is 4.79 Å². The molecule has 0 spiro atoms. The number of nitrogens with zero attached hydrogens (tertiary/aromatic N) is 5. The van der Waals surface area contributed by atoms with Gasteiger partial charge in [0.1, 0.15) is 5.82 Å². The molecule has 0 aliphatic heterocycles. The third kappa shape index (κ3) is 3.03. The zero-order valence-corrected chi connectivity index (χ0v) is 12.4. The lowest BCUT2D eigenvalue weighted by atomic mass is 10.1. The molecule has 0 saturated heterocycles. The van der Waals surface area contributed by atoms with E-state index in [0.29, 0.717) is 11.8 Å². The highest BCUT2D eigenvalue weighted by Crippen LogP contribution is 2.10. The lowest BCUT2D eigenvalue weighted by Crippen LogP contribution is -2.17. The molecule has 3 aromatic rings. The molecular formula is C15H16N6O. The predicted octanol–water partition coefficient (Wildman–Crippen LogP) is 1.49. The predicted molar refractivity (Wildman–Crippen MR) is 81.6 cm³/mol. The smallest absolute Gasteiger partial charge is 0.231 e.